The number of primary amides is 1. The van der Waals surface area contributed by atoms with Crippen molar-refractivity contribution in [2.75, 3.05) is 5.32 Å². The number of fused-ring (bicyclic) bond motifs is 1. The Morgan fingerprint density at radius 3 is 2.68 bits per heavy atom. The number of rotatable bonds is 10. The molecule has 2 heterocycles. The summed E-state index contributed by atoms with van der Waals surface area (Å²) in [6, 6.07) is 14.2. The van der Waals surface area contributed by atoms with Crippen LogP contribution in [0.2, 0.25) is 0 Å². The largest absolute Gasteiger partial charge is 0.473 e. The lowest BCUT2D eigenvalue weighted by atomic mass is 9.78. The smallest absolute Gasteiger partial charge is 0.256 e. The van der Waals surface area contributed by atoms with E-state index in [4.69, 9.17) is 21.1 Å². The number of pyridine rings is 1. The van der Waals surface area contributed by atoms with Crippen molar-refractivity contribution in [3.63, 3.8) is 0 Å². The summed E-state index contributed by atoms with van der Waals surface area (Å²) in [4.78, 5) is 24.8. The van der Waals surface area contributed by atoms with Crippen molar-refractivity contribution in [1.29, 1.82) is 10.7 Å². The number of allylic oxidation sites excluding steroid dienone is 1. The number of benzene rings is 1. The average Bonchev–Trinajstić information content (AvgIpc) is 3.21. The Morgan fingerprint density at radius 2 is 2.03 bits per heavy atom. The van der Waals surface area contributed by atoms with Gasteiger partial charge in [0, 0.05) is 29.8 Å². The predicted molar refractivity (Wildman–Crippen MR) is 139 cm³/mol. The number of amides is 2. The minimum atomic E-state index is -0.581. The molecule has 1 aliphatic carbocycles. The molecule has 10 nitrogen and oxygen atoms in total. The number of carbonyl (C=O) groups excluding carboxylic acids is 2. The van der Waals surface area contributed by atoms with E-state index in [2.05, 4.69) is 21.8 Å². The molecule has 4 rings (SSSR count). The number of carbonyl (C=O) groups is 2. The zero-order valence-electron chi connectivity index (χ0n) is 20.7. The van der Waals surface area contributed by atoms with Crippen LogP contribution in [0.5, 0.6) is 5.88 Å². The molecule has 10 heteroatoms. The third-order valence-electron chi connectivity index (χ3n) is 6.43. The number of nitriles is 1. The zero-order valence-corrected chi connectivity index (χ0v) is 20.7. The van der Waals surface area contributed by atoms with Crippen LogP contribution in [-0.2, 0) is 4.79 Å². The summed E-state index contributed by atoms with van der Waals surface area (Å²) in [5.41, 5.74) is 8.49. The van der Waals surface area contributed by atoms with Gasteiger partial charge < -0.3 is 26.5 Å². The Bertz CT molecular complexity index is 1400. The molecule has 0 unspecified atom stereocenters. The van der Waals surface area contributed by atoms with Gasteiger partial charge in [-0.25, -0.2) is 4.52 Å². The molecule has 1 saturated carbocycles. The third-order valence-corrected chi connectivity index (χ3v) is 6.43. The Hall–Kier alpha value is -4.65. The van der Waals surface area contributed by atoms with Crippen LogP contribution in [-0.4, -0.2) is 39.8 Å². The molecule has 1 aliphatic rings. The first kappa shape index (κ1) is 25.4. The molecule has 0 radical (unpaired) electrons. The number of nitrogens with zero attached hydrogens (tertiary/aromatic N) is 3. The molecule has 1 atom stereocenters. The summed E-state index contributed by atoms with van der Waals surface area (Å²) in [6.45, 7) is 3.67. The molecule has 1 aromatic carbocycles. The van der Waals surface area contributed by atoms with Gasteiger partial charge in [0.15, 0.2) is 0 Å². The van der Waals surface area contributed by atoms with Gasteiger partial charge in [-0.3, -0.25) is 9.59 Å². The maximum Gasteiger partial charge on any atom is 0.256 e. The second kappa shape index (κ2) is 11.0. The van der Waals surface area contributed by atoms with E-state index in [0.29, 0.717) is 22.7 Å². The first-order valence-electron chi connectivity index (χ1n) is 12.0. The van der Waals surface area contributed by atoms with Crippen LogP contribution in [0.3, 0.4) is 0 Å². The molecule has 190 valence electrons. The molecule has 2 amide bonds. The van der Waals surface area contributed by atoms with E-state index in [1.165, 1.54) is 0 Å². The van der Waals surface area contributed by atoms with Crippen LogP contribution in [0.15, 0.2) is 59.9 Å². The van der Waals surface area contributed by atoms with Crippen molar-refractivity contribution in [2.24, 2.45) is 11.7 Å². The number of hydrogen-bond donors (Lipinski definition) is 4. The Kier molecular flexibility index (Phi) is 7.53. The SMILES string of the molecule is C/C(Nc1ccc(C#N)cc1)=C(/C=N)C(=O)N[C@@H](C)CC1CC(Oc2nn3ccccc3c2C(N)=O)C1. The zero-order chi connectivity index (χ0) is 26.5. The summed E-state index contributed by atoms with van der Waals surface area (Å²) >= 11 is 0. The van der Waals surface area contributed by atoms with E-state index in [-0.39, 0.29) is 35.1 Å². The van der Waals surface area contributed by atoms with E-state index in [0.717, 1.165) is 31.2 Å². The van der Waals surface area contributed by atoms with E-state index < -0.39 is 5.91 Å². The Balaban J connectivity index is 1.29. The van der Waals surface area contributed by atoms with E-state index in [1.54, 1.807) is 48.0 Å². The molecule has 1 fully saturated rings. The number of anilines is 1. The summed E-state index contributed by atoms with van der Waals surface area (Å²) in [6.07, 6.45) is 5.00. The van der Waals surface area contributed by atoms with Crippen LogP contribution in [0.1, 0.15) is 49.0 Å². The summed E-state index contributed by atoms with van der Waals surface area (Å²) < 4.78 is 7.57. The highest BCUT2D eigenvalue weighted by molar-refractivity contribution is 6.12. The second-order valence-electron chi connectivity index (χ2n) is 9.26. The first-order chi connectivity index (χ1) is 17.8. The number of aromatic nitrogens is 2. The van der Waals surface area contributed by atoms with Gasteiger partial charge in [-0.2, -0.15) is 5.26 Å². The van der Waals surface area contributed by atoms with Gasteiger partial charge in [0.05, 0.1) is 22.7 Å². The van der Waals surface area contributed by atoms with Crippen molar-refractivity contribution >= 4 is 29.2 Å². The lowest BCUT2D eigenvalue weighted by Crippen LogP contribution is -2.41. The molecule has 0 bridgehead atoms. The molecule has 3 aromatic rings. The Labute approximate surface area is 214 Å². The average molecular weight is 500 g/mol. The molecule has 0 saturated heterocycles. The highest BCUT2D eigenvalue weighted by Gasteiger charge is 2.34. The van der Waals surface area contributed by atoms with Crippen LogP contribution >= 0.6 is 0 Å². The standard InChI is InChI=1S/C27H29N7O3/c1-16(31-26(36)22(15-29)17(2)32-20-8-6-18(14-28)7-9-20)11-19-12-21(13-19)37-27-24(25(30)35)23-5-3-4-10-34(23)33-27/h3-10,15-16,19,21,29,32H,11-13H2,1-2H3,(H2,30,35)(H,31,36)/b22-17+,29-15?/t16-,19?,21?/m0/s1. The highest BCUT2D eigenvalue weighted by atomic mass is 16.5. The maximum atomic E-state index is 12.8. The van der Waals surface area contributed by atoms with Gasteiger partial charge in [-0.15, -0.1) is 5.10 Å². The molecule has 37 heavy (non-hydrogen) atoms. The van der Waals surface area contributed by atoms with Gasteiger partial charge in [-0.05, 0) is 75.4 Å². The summed E-state index contributed by atoms with van der Waals surface area (Å²) in [5.74, 6) is -0.319. The van der Waals surface area contributed by atoms with Crippen molar-refractivity contribution in [3.8, 4) is 11.9 Å². The van der Waals surface area contributed by atoms with E-state index in [9.17, 15) is 9.59 Å². The number of nitrogens with two attached hydrogens (primary N) is 1. The monoisotopic (exact) mass is 499 g/mol. The predicted octanol–water partition coefficient (Wildman–Crippen LogP) is 3.39. The van der Waals surface area contributed by atoms with Gasteiger partial charge in [0.2, 0.25) is 5.88 Å². The number of ether oxygens (including phenoxy) is 1. The van der Waals surface area contributed by atoms with Crippen molar-refractivity contribution < 1.29 is 14.3 Å². The normalized spacial score (nSPS) is 18.1. The van der Waals surface area contributed by atoms with Crippen LogP contribution in [0, 0.1) is 22.7 Å². The minimum Gasteiger partial charge on any atom is -0.473 e. The van der Waals surface area contributed by atoms with Gasteiger partial charge in [0.1, 0.15) is 11.7 Å². The molecular formula is C27H29N7O3. The molecule has 5 N–H and O–H groups in total. The van der Waals surface area contributed by atoms with E-state index >= 15 is 0 Å². The topological polar surface area (TPSA) is 158 Å². The van der Waals surface area contributed by atoms with Crippen molar-refractivity contribution in [1.82, 2.24) is 14.9 Å². The summed E-state index contributed by atoms with van der Waals surface area (Å²) in [5, 5.41) is 27.1. The van der Waals surface area contributed by atoms with Crippen molar-refractivity contribution in [2.45, 2.75) is 45.3 Å². The second-order valence-corrected chi connectivity index (χ2v) is 9.26. The maximum absolute atomic E-state index is 12.8. The fourth-order valence-electron chi connectivity index (χ4n) is 4.53. The number of nitrogens with one attached hydrogen (secondary N) is 3. The van der Waals surface area contributed by atoms with Gasteiger partial charge in [-0.1, -0.05) is 6.07 Å². The van der Waals surface area contributed by atoms with Gasteiger partial charge in [0.25, 0.3) is 11.8 Å². The molecule has 0 aliphatic heterocycles. The third kappa shape index (κ3) is 5.78. The minimum absolute atomic E-state index is 0.0770. The first-order valence-corrected chi connectivity index (χ1v) is 12.0. The highest BCUT2D eigenvalue weighted by Crippen LogP contribution is 2.35. The van der Waals surface area contributed by atoms with Crippen LogP contribution < -0.4 is 21.1 Å². The molecule has 0 spiro atoms. The van der Waals surface area contributed by atoms with Crippen LogP contribution in [0.25, 0.3) is 5.52 Å². The Morgan fingerprint density at radius 1 is 1.30 bits per heavy atom. The molecular weight excluding hydrogens is 470 g/mol. The fraction of sp³-hybridized carbons (Fsp3) is 0.296. The molecule has 2 aromatic heterocycles. The lowest BCUT2D eigenvalue weighted by Gasteiger charge is -2.36. The van der Waals surface area contributed by atoms with E-state index in [1.807, 2.05) is 19.1 Å². The quantitative estimate of drug-likeness (QED) is 0.247. The van der Waals surface area contributed by atoms with Crippen molar-refractivity contribution in [3.05, 3.63) is 71.1 Å². The number of hydrogen-bond acceptors (Lipinski definition) is 7. The summed E-state index contributed by atoms with van der Waals surface area (Å²) in [7, 11) is 0. The van der Waals surface area contributed by atoms with Crippen LogP contribution in [0.4, 0.5) is 5.69 Å². The van der Waals surface area contributed by atoms with Gasteiger partial charge >= 0.3 is 0 Å². The fourth-order valence-corrected chi connectivity index (χ4v) is 4.53. The lowest BCUT2D eigenvalue weighted by molar-refractivity contribution is -0.117.